The number of likely N-dealkylation sites (tertiary alicyclic amines) is 1. The predicted molar refractivity (Wildman–Crippen MR) is 95.9 cm³/mol. The normalized spacial score (nSPS) is 15.6. The van der Waals surface area contributed by atoms with Crippen LogP contribution in [0.4, 0.5) is 4.79 Å². The summed E-state index contributed by atoms with van der Waals surface area (Å²) in [5, 5.41) is 3.48. The van der Waals surface area contributed by atoms with E-state index in [4.69, 9.17) is 21.1 Å². The Balaban J connectivity index is 1.71. The van der Waals surface area contributed by atoms with Crippen LogP contribution in [0, 0.1) is 0 Å². The molecular weight excluding hydrogens is 344 g/mol. The molecule has 1 fully saturated rings. The average molecular weight is 369 g/mol. The lowest BCUT2D eigenvalue weighted by Crippen LogP contribution is -2.48. The van der Waals surface area contributed by atoms with E-state index in [1.165, 1.54) is 0 Å². The summed E-state index contributed by atoms with van der Waals surface area (Å²) in [6, 6.07) is 6.92. The first kappa shape index (κ1) is 19.4. The van der Waals surface area contributed by atoms with E-state index in [2.05, 4.69) is 5.32 Å². The maximum atomic E-state index is 12.2. The molecule has 2 rings (SSSR count). The number of hydrogen-bond acceptors (Lipinski definition) is 4. The first-order valence-electron chi connectivity index (χ1n) is 8.38. The Kier molecular flexibility index (Phi) is 6.53. The Morgan fingerprint density at radius 1 is 1.20 bits per heavy atom. The summed E-state index contributed by atoms with van der Waals surface area (Å²) in [6.07, 6.45) is 0.987. The summed E-state index contributed by atoms with van der Waals surface area (Å²) < 4.78 is 10.7. The molecule has 1 aromatic rings. The molecule has 0 aromatic heterocycles. The lowest BCUT2D eigenvalue weighted by Gasteiger charge is -2.32. The number of benzene rings is 1. The van der Waals surface area contributed by atoms with Gasteiger partial charge in [-0.1, -0.05) is 11.6 Å². The highest BCUT2D eigenvalue weighted by molar-refractivity contribution is 6.30. The van der Waals surface area contributed by atoms with Gasteiger partial charge < -0.3 is 19.7 Å². The van der Waals surface area contributed by atoms with Crippen molar-refractivity contribution in [2.45, 2.75) is 45.3 Å². The van der Waals surface area contributed by atoms with Crippen molar-refractivity contribution in [3.63, 3.8) is 0 Å². The molecule has 0 aliphatic carbocycles. The Bertz CT molecular complexity index is 590. The van der Waals surface area contributed by atoms with Crippen molar-refractivity contribution >= 4 is 23.6 Å². The maximum Gasteiger partial charge on any atom is 0.407 e. The van der Waals surface area contributed by atoms with Crippen molar-refractivity contribution in [2.24, 2.45) is 0 Å². The van der Waals surface area contributed by atoms with Gasteiger partial charge in [0.05, 0.1) is 0 Å². The Morgan fingerprint density at radius 2 is 1.80 bits per heavy atom. The zero-order valence-corrected chi connectivity index (χ0v) is 15.6. The van der Waals surface area contributed by atoms with Crippen molar-refractivity contribution in [1.82, 2.24) is 10.2 Å². The summed E-state index contributed by atoms with van der Waals surface area (Å²) in [5.74, 6) is 0.546. The molecule has 7 heteroatoms. The quantitative estimate of drug-likeness (QED) is 0.885. The van der Waals surface area contributed by atoms with Gasteiger partial charge in [-0.3, -0.25) is 4.79 Å². The number of hydrogen-bond donors (Lipinski definition) is 1. The van der Waals surface area contributed by atoms with Crippen LogP contribution in [0.1, 0.15) is 33.6 Å². The number of amides is 2. The molecule has 0 spiro atoms. The number of nitrogens with zero attached hydrogens (tertiary/aromatic N) is 1. The maximum absolute atomic E-state index is 12.2. The summed E-state index contributed by atoms with van der Waals surface area (Å²) in [5.41, 5.74) is -0.514. The zero-order chi connectivity index (χ0) is 18.4. The molecular formula is C18H25ClN2O4. The van der Waals surface area contributed by atoms with Crippen molar-refractivity contribution in [2.75, 3.05) is 19.7 Å². The van der Waals surface area contributed by atoms with Crippen molar-refractivity contribution in [3.8, 4) is 5.75 Å². The summed E-state index contributed by atoms with van der Waals surface area (Å²) in [6.45, 7) is 6.65. The van der Waals surface area contributed by atoms with E-state index in [0.29, 0.717) is 36.7 Å². The van der Waals surface area contributed by atoms with Gasteiger partial charge in [-0.05, 0) is 57.9 Å². The van der Waals surface area contributed by atoms with Crippen molar-refractivity contribution < 1.29 is 19.1 Å². The number of piperidine rings is 1. The Hall–Kier alpha value is -1.95. The number of carbonyl (C=O) groups is 2. The number of rotatable bonds is 4. The van der Waals surface area contributed by atoms with Gasteiger partial charge in [0.2, 0.25) is 0 Å². The lowest BCUT2D eigenvalue weighted by molar-refractivity contribution is -0.134. The largest absolute Gasteiger partial charge is 0.484 e. The highest BCUT2D eigenvalue weighted by Gasteiger charge is 2.25. The Labute approximate surface area is 153 Å². The van der Waals surface area contributed by atoms with Crippen LogP contribution in [0.25, 0.3) is 0 Å². The molecule has 0 bridgehead atoms. The second-order valence-electron chi connectivity index (χ2n) is 7.04. The van der Waals surface area contributed by atoms with Crippen LogP contribution in [0.3, 0.4) is 0 Å². The van der Waals surface area contributed by atoms with Gasteiger partial charge in [0, 0.05) is 24.2 Å². The van der Waals surface area contributed by atoms with E-state index >= 15 is 0 Å². The molecule has 0 radical (unpaired) electrons. The van der Waals surface area contributed by atoms with Crippen LogP contribution < -0.4 is 10.1 Å². The topological polar surface area (TPSA) is 67.9 Å². The molecule has 0 atom stereocenters. The van der Waals surface area contributed by atoms with Crippen LogP contribution in [0.2, 0.25) is 5.02 Å². The minimum absolute atomic E-state index is 0.00814. The van der Waals surface area contributed by atoms with E-state index in [9.17, 15) is 9.59 Å². The second kappa shape index (κ2) is 8.43. The second-order valence-corrected chi connectivity index (χ2v) is 7.48. The number of nitrogens with one attached hydrogen (secondary N) is 1. The smallest absolute Gasteiger partial charge is 0.407 e. The van der Waals surface area contributed by atoms with E-state index in [1.807, 2.05) is 20.8 Å². The SMILES string of the molecule is CC(C)(C)OC(=O)NC1CCN(C(=O)COc2ccc(Cl)cc2)CC1. The third-order valence-electron chi connectivity index (χ3n) is 3.74. The third kappa shape index (κ3) is 6.82. The molecule has 25 heavy (non-hydrogen) atoms. The lowest BCUT2D eigenvalue weighted by atomic mass is 10.1. The molecule has 2 amide bonds. The van der Waals surface area contributed by atoms with E-state index in [1.54, 1.807) is 29.2 Å². The van der Waals surface area contributed by atoms with Gasteiger partial charge in [0.25, 0.3) is 5.91 Å². The highest BCUT2D eigenvalue weighted by atomic mass is 35.5. The third-order valence-corrected chi connectivity index (χ3v) is 4.00. The molecule has 138 valence electrons. The van der Waals surface area contributed by atoms with Gasteiger partial charge in [0.15, 0.2) is 6.61 Å². The van der Waals surface area contributed by atoms with Crippen molar-refractivity contribution in [3.05, 3.63) is 29.3 Å². The molecule has 1 aliphatic heterocycles. The van der Waals surface area contributed by atoms with Gasteiger partial charge >= 0.3 is 6.09 Å². The number of carbonyl (C=O) groups excluding carboxylic acids is 2. The predicted octanol–water partition coefficient (Wildman–Crippen LogP) is 3.23. The first-order chi connectivity index (χ1) is 11.7. The van der Waals surface area contributed by atoms with Crippen LogP contribution in [-0.2, 0) is 9.53 Å². The molecule has 1 heterocycles. The van der Waals surface area contributed by atoms with E-state index in [-0.39, 0.29) is 18.6 Å². The van der Waals surface area contributed by atoms with Gasteiger partial charge in [0.1, 0.15) is 11.4 Å². The van der Waals surface area contributed by atoms with E-state index in [0.717, 1.165) is 0 Å². The summed E-state index contributed by atoms with van der Waals surface area (Å²) in [4.78, 5) is 25.8. The number of alkyl carbamates (subject to hydrolysis) is 1. The average Bonchev–Trinajstić information content (AvgIpc) is 2.53. The van der Waals surface area contributed by atoms with Gasteiger partial charge in [-0.15, -0.1) is 0 Å². The first-order valence-corrected chi connectivity index (χ1v) is 8.76. The molecule has 1 aromatic carbocycles. The van der Waals surface area contributed by atoms with Crippen LogP contribution in [0.5, 0.6) is 5.75 Å². The van der Waals surface area contributed by atoms with Crippen molar-refractivity contribution in [1.29, 1.82) is 0 Å². The fraction of sp³-hybridized carbons (Fsp3) is 0.556. The van der Waals surface area contributed by atoms with Crippen LogP contribution in [-0.4, -0.2) is 48.2 Å². The fourth-order valence-electron chi connectivity index (χ4n) is 2.51. The molecule has 1 N–H and O–H groups in total. The molecule has 1 saturated heterocycles. The van der Waals surface area contributed by atoms with E-state index < -0.39 is 11.7 Å². The summed E-state index contributed by atoms with van der Waals surface area (Å²) in [7, 11) is 0. The van der Waals surface area contributed by atoms with Gasteiger partial charge in [-0.25, -0.2) is 4.79 Å². The zero-order valence-electron chi connectivity index (χ0n) is 14.9. The van der Waals surface area contributed by atoms with Crippen LogP contribution >= 0.6 is 11.6 Å². The van der Waals surface area contributed by atoms with Gasteiger partial charge in [-0.2, -0.15) is 0 Å². The fourth-order valence-corrected chi connectivity index (χ4v) is 2.64. The molecule has 0 unspecified atom stereocenters. The Morgan fingerprint density at radius 3 is 2.36 bits per heavy atom. The molecule has 0 saturated carbocycles. The highest BCUT2D eigenvalue weighted by Crippen LogP contribution is 2.16. The standard InChI is InChI=1S/C18H25ClN2O4/c1-18(2,3)25-17(23)20-14-8-10-21(11-9-14)16(22)12-24-15-6-4-13(19)5-7-15/h4-7,14H,8-12H2,1-3H3,(H,20,23). The summed E-state index contributed by atoms with van der Waals surface area (Å²) >= 11 is 5.81. The molecule has 1 aliphatic rings. The monoisotopic (exact) mass is 368 g/mol. The number of ether oxygens (including phenoxy) is 2. The van der Waals surface area contributed by atoms with Crippen LogP contribution in [0.15, 0.2) is 24.3 Å². The molecule has 6 nitrogen and oxygen atoms in total. The minimum atomic E-state index is -0.514. The number of halogens is 1. The minimum Gasteiger partial charge on any atom is -0.484 e.